The molecule has 2 aliphatic heterocycles. The molecule has 0 unspecified atom stereocenters. The van der Waals surface area contributed by atoms with Crippen molar-refractivity contribution in [1.29, 1.82) is 0 Å². The Hall–Kier alpha value is -3.50. The minimum Gasteiger partial charge on any atom is -0.442 e. The maximum atomic E-state index is 15.0. The van der Waals surface area contributed by atoms with Crippen molar-refractivity contribution in [2.45, 2.75) is 19.1 Å². The zero-order valence-electron chi connectivity index (χ0n) is 19.5. The monoisotopic (exact) mass is 484 g/mol. The molecule has 2 aliphatic rings. The molecule has 0 bridgehead atoms. The lowest BCUT2D eigenvalue weighted by Gasteiger charge is -2.37. The molecule has 2 atom stereocenters. The fourth-order valence-electron chi connectivity index (χ4n) is 4.47. The van der Waals surface area contributed by atoms with E-state index in [2.05, 4.69) is 10.2 Å². The van der Waals surface area contributed by atoms with Gasteiger partial charge in [0, 0.05) is 38.7 Å². The van der Waals surface area contributed by atoms with Crippen LogP contribution in [0.3, 0.4) is 0 Å². The third kappa shape index (κ3) is 5.60. The highest BCUT2D eigenvalue weighted by molar-refractivity contribution is 5.90. The Kier molecular flexibility index (Phi) is 7.62. The molecule has 0 aromatic heterocycles. The van der Waals surface area contributed by atoms with E-state index in [0.717, 1.165) is 12.0 Å². The van der Waals surface area contributed by atoms with Crippen molar-refractivity contribution in [3.8, 4) is 11.1 Å². The van der Waals surface area contributed by atoms with E-state index in [-0.39, 0.29) is 31.6 Å². The number of aliphatic hydroxyl groups excluding tert-OH is 1. The first-order valence-corrected chi connectivity index (χ1v) is 11.6. The lowest BCUT2D eigenvalue weighted by Crippen LogP contribution is -2.47. The van der Waals surface area contributed by atoms with Crippen molar-refractivity contribution < 1.29 is 28.6 Å². The summed E-state index contributed by atoms with van der Waals surface area (Å²) in [6.45, 7) is 4.33. The number of cyclic esters (lactones) is 1. The SMILES string of the molecule is CC(=O)NC[C@@H]1CN(c2ccc(-c3ccc([C@@H](CO)N4CCN(C=O)CC4)cc3)c(F)c2)C(=O)O1. The summed E-state index contributed by atoms with van der Waals surface area (Å²) in [5.74, 6) is -0.691. The lowest BCUT2D eigenvalue weighted by atomic mass is 9.99. The Labute approximate surface area is 203 Å². The highest BCUT2D eigenvalue weighted by Crippen LogP contribution is 2.31. The number of amides is 3. The molecule has 2 heterocycles. The van der Waals surface area contributed by atoms with Crippen LogP contribution in [0.5, 0.6) is 0 Å². The maximum absolute atomic E-state index is 15.0. The van der Waals surface area contributed by atoms with Crippen LogP contribution in [0.2, 0.25) is 0 Å². The van der Waals surface area contributed by atoms with Gasteiger partial charge in [-0.2, -0.15) is 0 Å². The van der Waals surface area contributed by atoms with Crippen molar-refractivity contribution >= 4 is 24.1 Å². The van der Waals surface area contributed by atoms with Crippen LogP contribution >= 0.6 is 0 Å². The molecule has 10 heteroatoms. The first kappa shape index (κ1) is 24.6. The van der Waals surface area contributed by atoms with Crippen LogP contribution in [0.1, 0.15) is 18.5 Å². The summed E-state index contributed by atoms with van der Waals surface area (Å²) in [5, 5.41) is 12.6. The second-order valence-electron chi connectivity index (χ2n) is 8.72. The first-order chi connectivity index (χ1) is 16.9. The van der Waals surface area contributed by atoms with E-state index in [1.165, 1.54) is 17.9 Å². The number of carbonyl (C=O) groups excluding carboxylic acids is 3. The Balaban J connectivity index is 1.45. The van der Waals surface area contributed by atoms with E-state index in [0.29, 0.717) is 43.0 Å². The van der Waals surface area contributed by atoms with Gasteiger partial charge in [0.1, 0.15) is 11.9 Å². The number of anilines is 1. The normalized spacial score (nSPS) is 19.4. The van der Waals surface area contributed by atoms with Crippen molar-refractivity contribution in [2.75, 3.05) is 50.8 Å². The van der Waals surface area contributed by atoms with Crippen LogP contribution in [-0.4, -0.2) is 85.3 Å². The number of rotatable bonds is 8. The number of ether oxygens (including phenoxy) is 1. The van der Waals surface area contributed by atoms with E-state index < -0.39 is 18.0 Å². The smallest absolute Gasteiger partial charge is 0.414 e. The highest BCUT2D eigenvalue weighted by atomic mass is 19.1. The van der Waals surface area contributed by atoms with Crippen LogP contribution < -0.4 is 10.2 Å². The summed E-state index contributed by atoms with van der Waals surface area (Å²) in [6.07, 6.45) is -0.236. The molecule has 0 saturated carbocycles. The van der Waals surface area contributed by atoms with Crippen molar-refractivity contribution in [1.82, 2.24) is 15.1 Å². The lowest BCUT2D eigenvalue weighted by molar-refractivity contribution is -0.120. The van der Waals surface area contributed by atoms with Crippen molar-refractivity contribution in [2.24, 2.45) is 0 Å². The molecule has 35 heavy (non-hydrogen) atoms. The number of halogens is 1. The predicted molar refractivity (Wildman–Crippen MR) is 127 cm³/mol. The molecule has 9 nitrogen and oxygen atoms in total. The largest absolute Gasteiger partial charge is 0.442 e. The second kappa shape index (κ2) is 10.8. The van der Waals surface area contributed by atoms with Gasteiger partial charge in [-0.1, -0.05) is 24.3 Å². The fourth-order valence-corrected chi connectivity index (χ4v) is 4.47. The highest BCUT2D eigenvalue weighted by Gasteiger charge is 2.32. The summed E-state index contributed by atoms with van der Waals surface area (Å²) in [5.41, 5.74) is 2.36. The van der Waals surface area contributed by atoms with Gasteiger partial charge >= 0.3 is 6.09 Å². The number of aliphatic hydroxyl groups is 1. The molecule has 186 valence electrons. The topological polar surface area (TPSA) is 102 Å². The summed E-state index contributed by atoms with van der Waals surface area (Å²) < 4.78 is 20.3. The molecule has 2 aromatic rings. The van der Waals surface area contributed by atoms with Gasteiger partial charge in [0.2, 0.25) is 12.3 Å². The molecular formula is C25H29FN4O5. The van der Waals surface area contributed by atoms with Gasteiger partial charge in [0.25, 0.3) is 0 Å². The third-order valence-electron chi connectivity index (χ3n) is 6.44. The number of benzene rings is 2. The number of nitrogens with zero attached hydrogens (tertiary/aromatic N) is 3. The molecule has 2 aromatic carbocycles. The molecule has 3 amide bonds. The van der Waals surface area contributed by atoms with E-state index in [1.807, 2.05) is 24.3 Å². The average Bonchev–Trinajstić information content (AvgIpc) is 3.24. The zero-order valence-corrected chi connectivity index (χ0v) is 19.5. The summed E-state index contributed by atoms with van der Waals surface area (Å²) in [7, 11) is 0. The van der Waals surface area contributed by atoms with Crippen LogP contribution in [0, 0.1) is 5.82 Å². The van der Waals surface area contributed by atoms with Gasteiger partial charge in [-0.15, -0.1) is 0 Å². The number of nitrogens with one attached hydrogen (secondary N) is 1. The Morgan fingerprint density at radius 1 is 1.20 bits per heavy atom. The molecular weight excluding hydrogens is 455 g/mol. The van der Waals surface area contributed by atoms with Gasteiger partial charge in [0.05, 0.1) is 31.4 Å². The van der Waals surface area contributed by atoms with E-state index in [1.54, 1.807) is 17.0 Å². The fraction of sp³-hybridized carbons (Fsp3) is 0.400. The van der Waals surface area contributed by atoms with Gasteiger partial charge in [0.15, 0.2) is 0 Å². The molecule has 0 radical (unpaired) electrons. The minimum atomic E-state index is -0.583. The number of carbonyl (C=O) groups is 3. The van der Waals surface area contributed by atoms with Gasteiger partial charge in [-0.3, -0.25) is 19.4 Å². The molecule has 4 rings (SSSR count). The quantitative estimate of drug-likeness (QED) is 0.554. The summed E-state index contributed by atoms with van der Waals surface area (Å²) in [4.78, 5) is 39.4. The number of hydrogen-bond donors (Lipinski definition) is 2. The minimum absolute atomic E-state index is 0.0572. The van der Waals surface area contributed by atoms with Crippen LogP contribution in [0.4, 0.5) is 14.9 Å². The zero-order chi connectivity index (χ0) is 24.9. The Morgan fingerprint density at radius 2 is 1.91 bits per heavy atom. The van der Waals surface area contributed by atoms with E-state index in [9.17, 15) is 19.5 Å². The van der Waals surface area contributed by atoms with Gasteiger partial charge in [-0.05, 0) is 29.3 Å². The van der Waals surface area contributed by atoms with E-state index in [4.69, 9.17) is 4.74 Å². The number of piperazine rings is 1. The van der Waals surface area contributed by atoms with Crippen molar-refractivity contribution in [3.63, 3.8) is 0 Å². The van der Waals surface area contributed by atoms with Gasteiger partial charge in [-0.25, -0.2) is 9.18 Å². The number of hydrogen-bond acceptors (Lipinski definition) is 6. The maximum Gasteiger partial charge on any atom is 0.414 e. The summed E-state index contributed by atoms with van der Waals surface area (Å²) >= 11 is 0. The van der Waals surface area contributed by atoms with Gasteiger partial charge < -0.3 is 20.1 Å². The molecule has 0 aliphatic carbocycles. The van der Waals surface area contributed by atoms with Crippen molar-refractivity contribution in [3.05, 3.63) is 53.8 Å². The molecule has 2 fully saturated rings. The second-order valence-corrected chi connectivity index (χ2v) is 8.72. The molecule has 0 spiro atoms. The Morgan fingerprint density at radius 3 is 2.51 bits per heavy atom. The molecule has 2 saturated heterocycles. The van der Waals surface area contributed by atoms with E-state index >= 15 is 4.39 Å². The summed E-state index contributed by atoms with van der Waals surface area (Å²) in [6, 6.07) is 11.8. The van der Waals surface area contributed by atoms with Crippen LogP contribution in [0.15, 0.2) is 42.5 Å². The third-order valence-corrected chi connectivity index (χ3v) is 6.44. The average molecular weight is 485 g/mol. The first-order valence-electron chi connectivity index (χ1n) is 11.6. The molecule has 2 N–H and O–H groups in total. The van der Waals surface area contributed by atoms with Crippen LogP contribution in [0.25, 0.3) is 11.1 Å². The Bertz CT molecular complexity index is 1070. The predicted octanol–water partition coefficient (Wildman–Crippen LogP) is 1.76. The van der Waals surface area contributed by atoms with Crippen LogP contribution in [-0.2, 0) is 14.3 Å². The standard InChI is InChI=1S/C25H29FN4O5/c1-17(33)27-13-21-14-30(25(34)35-21)20-6-7-22(23(26)12-20)18-2-4-19(5-3-18)24(15-31)29-10-8-28(16-32)9-11-29/h2-7,12,16,21,24,31H,8-11,13-15H2,1H3,(H,27,33)/t21-,24-/m1/s1.